The van der Waals surface area contributed by atoms with E-state index in [0.717, 1.165) is 56.3 Å². The lowest BCUT2D eigenvalue weighted by Gasteiger charge is -2.39. The number of unbranched alkanes of at least 4 members (excludes halogenated alkanes) is 20. The van der Waals surface area contributed by atoms with Gasteiger partial charge in [-0.3, -0.25) is 14.4 Å². The first kappa shape index (κ1) is 43.1. The number of hydrogen-bond acceptors (Lipinski definition) is 3. The Morgan fingerprint density at radius 1 is 0.400 bits per heavy atom. The van der Waals surface area contributed by atoms with E-state index >= 15 is 0 Å². The van der Waals surface area contributed by atoms with Gasteiger partial charge in [0.1, 0.15) is 0 Å². The van der Waals surface area contributed by atoms with Crippen LogP contribution in [0.4, 0.5) is 0 Å². The van der Waals surface area contributed by atoms with Crippen LogP contribution < -0.4 is 0 Å². The van der Waals surface area contributed by atoms with Crippen LogP contribution in [0.3, 0.4) is 0 Å². The van der Waals surface area contributed by atoms with Crippen molar-refractivity contribution in [3.05, 3.63) is 12.2 Å². The summed E-state index contributed by atoms with van der Waals surface area (Å²) in [4.78, 5) is 33.1. The molecule has 0 aromatic rings. The van der Waals surface area contributed by atoms with Crippen LogP contribution in [-0.4, -0.2) is 63.9 Å². The smallest absolute Gasteiger partial charge is 0.303 e. The molecule has 0 spiro atoms. The third-order valence-electron chi connectivity index (χ3n) is 9.21. The minimum atomic E-state index is -0.767. The van der Waals surface area contributed by atoms with E-state index in [4.69, 9.17) is 15.3 Å². The fourth-order valence-corrected chi connectivity index (χ4v) is 6.42. The average molecular weight is 639 g/mol. The zero-order valence-electron chi connectivity index (χ0n) is 29.3. The fraction of sp³-hybridized carbons (Fsp3) is 0.868. The lowest BCUT2D eigenvalue weighted by Crippen LogP contribution is -2.51. The highest BCUT2D eigenvalue weighted by molar-refractivity contribution is 5.67. The molecule has 0 aliphatic carbocycles. The van der Waals surface area contributed by atoms with Crippen LogP contribution in [0.1, 0.15) is 187 Å². The highest BCUT2D eigenvalue weighted by atomic mass is 16.4. The topological polar surface area (TPSA) is 112 Å². The molecular weight excluding hydrogens is 566 g/mol. The van der Waals surface area contributed by atoms with Gasteiger partial charge in [-0.15, -0.1) is 0 Å². The van der Waals surface area contributed by atoms with Crippen molar-refractivity contribution in [2.24, 2.45) is 0 Å². The zero-order valence-corrected chi connectivity index (χ0v) is 29.3. The molecule has 0 rings (SSSR count). The Morgan fingerprint density at radius 3 is 0.978 bits per heavy atom. The Morgan fingerprint density at radius 2 is 0.667 bits per heavy atom. The minimum absolute atomic E-state index is 0.174. The van der Waals surface area contributed by atoms with Crippen molar-refractivity contribution in [1.29, 1.82) is 0 Å². The molecule has 264 valence electrons. The molecule has 0 aromatic carbocycles. The molecule has 0 atom stereocenters. The molecule has 3 N–H and O–H groups in total. The minimum Gasteiger partial charge on any atom is -0.481 e. The van der Waals surface area contributed by atoms with Crippen LogP contribution >= 0.6 is 0 Å². The van der Waals surface area contributed by atoms with Crippen molar-refractivity contribution < 1.29 is 34.2 Å². The van der Waals surface area contributed by atoms with Crippen molar-refractivity contribution in [3.8, 4) is 0 Å². The summed E-state index contributed by atoms with van der Waals surface area (Å²) >= 11 is 0. The number of quaternary nitrogens is 1. The van der Waals surface area contributed by atoms with E-state index in [2.05, 4.69) is 19.1 Å². The monoisotopic (exact) mass is 639 g/mol. The molecule has 0 aromatic heterocycles. The first-order valence-electron chi connectivity index (χ1n) is 19.0. The Labute approximate surface area is 276 Å². The maximum atomic E-state index is 11.0. The van der Waals surface area contributed by atoms with Crippen LogP contribution in [-0.2, 0) is 14.4 Å². The van der Waals surface area contributed by atoms with Crippen molar-refractivity contribution in [3.63, 3.8) is 0 Å². The molecular formula is C38H72NO6+. The van der Waals surface area contributed by atoms with E-state index in [9.17, 15) is 14.4 Å². The van der Waals surface area contributed by atoms with Gasteiger partial charge in [-0.05, 0) is 77.0 Å². The molecule has 0 aliphatic rings. The molecule has 0 saturated heterocycles. The average Bonchev–Trinajstić information content (AvgIpc) is 3.00. The first-order valence-corrected chi connectivity index (χ1v) is 19.0. The van der Waals surface area contributed by atoms with Crippen molar-refractivity contribution in [1.82, 2.24) is 0 Å². The summed E-state index contributed by atoms with van der Waals surface area (Å²) in [5, 5.41) is 27.2. The van der Waals surface area contributed by atoms with E-state index < -0.39 is 17.9 Å². The van der Waals surface area contributed by atoms with Crippen molar-refractivity contribution in [2.45, 2.75) is 187 Å². The second-order valence-corrected chi connectivity index (χ2v) is 13.5. The number of carboxylic acid groups (broad SMARTS) is 3. The summed E-state index contributed by atoms with van der Waals surface area (Å²) in [7, 11) is 0. The van der Waals surface area contributed by atoms with Crippen LogP contribution in [0.2, 0.25) is 0 Å². The van der Waals surface area contributed by atoms with Crippen LogP contribution in [0.25, 0.3) is 0 Å². The predicted octanol–water partition coefficient (Wildman–Crippen LogP) is 10.6. The molecule has 0 saturated carbocycles. The summed E-state index contributed by atoms with van der Waals surface area (Å²) in [5.74, 6) is -2.30. The highest BCUT2D eigenvalue weighted by Gasteiger charge is 2.26. The summed E-state index contributed by atoms with van der Waals surface area (Å²) in [6.45, 7) is 5.95. The Bertz CT molecular complexity index is 683. The first-order chi connectivity index (χ1) is 21.8. The van der Waals surface area contributed by atoms with Gasteiger partial charge in [0.2, 0.25) is 0 Å². The third-order valence-corrected chi connectivity index (χ3v) is 9.21. The number of aliphatic carboxylic acids is 3. The van der Waals surface area contributed by atoms with Gasteiger partial charge in [-0.25, -0.2) is 0 Å². The van der Waals surface area contributed by atoms with E-state index in [1.54, 1.807) is 0 Å². The molecule has 45 heavy (non-hydrogen) atoms. The van der Waals surface area contributed by atoms with Gasteiger partial charge < -0.3 is 19.8 Å². The van der Waals surface area contributed by atoms with Crippen LogP contribution in [0.5, 0.6) is 0 Å². The normalized spacial score (nSPS) is 11.8. The van der Waals surface area contributed by atoms with Gasteiger partial charge in [0.15, 0.2) is 0 Å². The molecule has 0 fully saturated rings. The second-order valence-electron chi connectivity index (χ2n) is 13.5. The van der Waals surface area contributed by atoms with Gasteiger partial charge in [-0.1, -0.05) is 103 Å². The second kappa shape index (κ2) is 32.1. The Hall–Kier alpha value is -1.89. The molecule has 0 bridgehead atoms. The van der Waals surface area contributed by atoms with E-state index in [1.807, 2.05) is 0 Å². The van der Waals surface area contributed by atoms with Gasteiger partial charge >= 0.3 is 17.9 Å². The number of rotatable bonds is 36. The van der Waals surface area contributed by atoms with Gasteiger partial charge in [-0.2, -0.15) is 0 Å². The number of hydrogen-bond donors (Lipinski definition) is 3. The van der Waals surface area contributed by atoms with Crippen molar-refractivity contribution in [2.75, 3.05) is 26.2 Å². The number of carboxylic acids is 3. The van der Waals surface area contributed by atoms with Crippen LogP contribution in [0.15, 0.2) is 12.2 Å². The molecule has 0 unspecified atom stereocenters. The molecule has 0 heterocycles. The molecule has 0 aliphatic heterocycles. The number of nitrogens with zero attached hydrogens (tertiary/aromatic N) is 1. The summed E-state index contributed by atoms with van der Waals surface area (Å²) in [5.41, 5.74) is 0. The summed E-state index contributed by atoms with van der Waals surface area (Å²) in [6, 6.07) is 0. The van der Waals surface area contributed by atoms with Gasteiger partial charge in [0, 0.05) is 19.3 Å². The van der Waals surface area contributed by atoms with Crippen molar-refractivity contribution >= 4 is 17.9 Å². The van der Waals surface area contributed by atoms with E-state index in [-0.39, 0.29) is 19.3 Å². The molecule has 0 radical (unpaired) electrons. The lowest BCUT2D eigenvalue weighted by atomic mass is 10.0. The van der Waals surface area contributed by atoms with Gasteiger partial charge in [0.05, 0.1) is 26.2 Å². The summed E-state index contributed by atoms with van der Waals surface area (Å²) in [6.07, 6.45) is 34.7. The maximum Gasteiger partial charge on any atom is 0.303 e. The zero-order chi connectivity index (χ0) is 33.3. The quantitative estimate of drug-likeness (QED) is 0.0358. The molecule has 0 amide bonds. The highest BCUT2D eigenvalue weighted by Crippen LogP contribution is 2.20. The lowest BCUT2D eigenvalue weighted by molar-refractivity contribution is -0.929. The predicted molar refractivity (Wildman–Crippen MR) is 187 cm³/mol. The SMILES string of the molecule is CCCCCCCCCCCC/C=C/CCCCCCCCC[N+](CCCCC(=O)O)(CCCCC(=O)O)CCCCC(=O)O. The van der Waals surface area contributed by atoms with Crippen LogP contribution in [0, 0.1) is 0 Å². The number of carbonyl (C=O) groups is 3. The summed E-state index contributed by atoms with van der Waals surface area (Å²) < 4.78 is 0.865. The Kier molecular flexibility index (Phi) is 30.7. The third kappa shape index (κ3) is 31.9. The standard InChI is InChI=1S/C38H71NO6/c1-2-3-4-5-6-7-8-9-10-11-12-13-14-15-16-17-18-19-20-21-25-32-39(33-26-22-29-36(40)41,34-27-23-30-37(42)43)35-28-24-31-38(44)45/h13-14H,2-12,15-35H2,1H3,(H2-,40,41,42,43,44,45)/p+1/b14-13+. The van der Waals surface area contributed by atoms with E-state index in [0.29, 0.717) is 19.3 Å². The van der Waals surface area contributed by atoms with Gasteiger partial charge in [0.25, 0.3) is 0 Å². The number of allylic oxidation sites excluding steroid dienone is 2. The Balaban J connectivity index is 4.22. The fourth-order valence-electron chi connectivity index (χ4n) is 6.42. The maximum absolute atomic E-state index is 11.0. The molecule has 7 nitrogen and oxygen atoms in total. The van der Waals surface area contributed by atoms with E-state index in [1.165, 1.54) is 116 Å². The largest absolute Gasteiger partial charge is 0.481 e. The molecule has 7 heteroatoms.